The lowest BCUT2D eigenvalue weighted by atomic mass is 10.3. The molecule has 2 aromatic carbocycles. The Morgan fingerprint density at radius 1 is 1.08 bits per heavy atom. The second kappa shape index (κ2) is 10.9. The number of hydrogen-bond acceptors (Lipinski definition) is 4. The molecule has 0 aromatic heterocycles. The van der Waals surface area contributed by atoms with Gasteiger partial charge in [-0.2, -0.15) is 0 Å². The van der Waals surface area contributed by atoms with E-state index in [0.29, 0.717) is 23.9 Å². The molecule has 2 aromatic rings. The third-order valence-corrected chi connectivity index (χ3v) is 3.42. The summed E-state index contributed by atoms with van der Waals surface area (Å²) in [6.45, 7) is 0.840. The minimum absolute atomic E-state index is 0. The number of nitrogens with one attached hydrogen (secondary N) is 1. The lowest BCUT2D eigenvalue weighted by Crippen LogP contribution is -2.23. The number of hydrogen-bond donors (Lipinski definition) is 2. The Balaban J connectivity index is 0.00000312. The van der Waals surface area contributed by atoms with Crippen LogP contribution in [0, 0.1) is 0 Å². The van der Waals surface area contributed by atoms with Gasteiger partial charge < -0.3 is 25.3 Å². The molecule has 136 valence electrons. The Hall–Kier alpha value is -1.87. The van der Waals surface area contributed by atoms with Gasteiger partial charge in [-0.05, 0) is 42.5 Å². The van der Waals surface area contributed by atoms with Crippen molar-refractivity contribution in [2.24, 2.45) is 10.7 Å². The monoisotopic (exact) mass is 477 g/mol. The highest BCUT2D eigenvalue weighted by atomic mass is 127. The van der Waals surface area contributed by atoms with Crippen LogP contribution in [0.3, 0.4) is 0 Å². The topological polar surface area (TPSA) is 78.1 Å². The molecule has 0 aliphatic heterocycles. The molecule has 0 aliphatic carbocycles. The molecule has 2 rings (SSSR count). The van der Waals surface area contributed by atoms with Gasteiger partial charge in [0.15, 0.2) is 5.96 Å². The molecule has 0 bridgehead atoms. The summed E-state index contributed by atoms with van der Waals surface area (Å²) >= 11 is 6.05. The van der Waals surface area contributed by atoms with E-state index in [2.05, 4.69) is 10.3 Å². The Labute approximate surface area is 169 Å². The average molecular weight is 478 g/mol. The Morgan fingerprint density at radius 2 is 1.76 bits per heavy atom. The van der Waals surface area contributed by atoms with Crippen LogP contribution in [0.2, 0.25) is 5.02 Å². The first-order chi connectivity index (χ1) is 11.6. The maximum atomic E-state index is 6.05. The number of nitrogens with two attached hydrogens (primary N) is 1. The molecule has 0 spiro atoms. The third kappa shape index (κ3) is 6.87. The largest absolute Gasteiger partial charge is 0.497 e. The molecule has 0 amide bonds. The lowest BCUT2D eigenvalue weighted by Gasteiger charge is -2.09. The van der Waals surface area contributed by atoms with Crippen LogP contribution in [-0.4, -0.2) is 33.3 Å². The molecule has 25 heavy (non-hydrogen) atoms. The maximum absolute atomic E-state index is 6.05. The normalized spacial score (nSPS) is 10.6. The van der Waals surface area contributed by atoms with Gasteiger partial charge in [-0.15, -0.1) is 24.0 Å². The van der Waals surface area contributed by atoms with Crippen LogP contribution in [0.15, 0.2) is 47.5 Å². The van der Waals surface area contributed by atoms with Crippen molar-refractivity contribution in [2.75, 3.05) is 32.7 Å². The summed E-state index contributed by atoms with van der Waals surface area (Å²) in [5, 5.41) is 3.46. The minimum Gasteiger partial charge on any atom is -0.497 e. The number of guanidine groups is 1. The highest BCUT2D eigenvalue weighted by molar-refractivity contribution is 14.0. The molecular weight excluding hydrogens is 457 g/mol. The molecule has 8 heteroatoms. The number of methoxy groups -OCH3 is 2. The number of halogens is 2. The maximum Gasteiger partial charge on any atom is 0.193 e. The van der Waals surface area contributed by atoms with Crippen LogP contribution in [0.1, 0.15) is 0 Å². The summed E-state index contributed by atoms with van der Waals surface area (Å²) in [6, 6.07) is 12.6. The fourth-order valence-electron chi connectivity index (χ4n) is 1.93. The molecular formula is C17H21ClIN3O3. The van der Waals surface area contributed by atoms with Gasteiger partial charge in [0, 0.05) is 5.69 Å². The van der Waals surface area contributed by atoms with Gasteiger partial charge in [-0.1, -0.05) is 11.6 Å². The van der Waals surface area contributed by atoms with Crippen LogP contribution >= 0.6 is 35.6 Å². The lowest BCUT2D eigenvalue weighted by molar-refractivity contribution is 0.327. The number of anilines is 1. The van der Waals surface area contributed by atoms with Gasteiger partial charge in [-0.25, -0.2) is 4.99 Å². The Kier molecular flexibility index (Phi) is 9.22. The first-order valence-electron chi connectivity index (χ1n) is 7.29. The number of nitrogens with zero attached hydrogens (tertiary/aromatic N) is 1. The highest BCUT2D eigenvalue weighted by Gasteiger charge is 2.02. The Bertz CT molecular complexity index is 696. The van der Waals surface area contributed by atoms with Crippen LogP contribution < -0.4 is 25.3 Å². The standard InChI is InChI=1S/C17H20ClN3O3.HI/c1-22-13-4-6-14(7-5-13)24-10-9-20-17(19)21-12-3-8-16(23-2)15(18)11-12;/h3-8,11H,9-10H2,1-2H3,(H3,19,20,21);1H. The smallest absolute Gasteiger partial charge is 0.193 e. The van der Waals surface area contributed by atoms with E-state index in [1.807, 2.05) is 24.3 Å². The molecule has 0 radical (unpaired) electrons. The first-order valence-corrected chi connectivity index (χ1v) is 7.67. The summed E-state index contributed by atoms with van der Waals surface area (Å²) in [4.78, 5) is 4.20. The minimum atomic E-state index is 0. The van der Waals surface area contributed by atoms with Crippen LogP contribution in [0.5, 0.6) is 17.2 Å². The van der Waals surface area contributed by atoms with Crippen molar-refractivity contribution in [3.05, 3.63) is 47.5 Å². The number of aliphatic imine (C=N–C) groups is 1. The fourth-order valence-corrected chi connectivity index (χ4v) is 2.19. The zero-order valence-electron chi connectivity index (χ0n) is 14.0. The van der Waals surface area contributed by atoms with E-state index in [1.54, 1.807) is 32.4 Å². The highest BCUT2D eigenvalue weighted by Crippen LogP contribution is 2.27. The van der Waals surface area contributed by atoms with E-state index in [4.69, 9.17) is 31.5 Å². The summed E-state index contributed by atoms with van der Waals surface area (Å²) < 4.78 is 15.8. The van der Waals surface area contributed by atoms with Gasteiger partial charge in [0.05, 0.1) is 25.8 Å². The zero-order chi connectivity index (χ0) is 17.4. The molecule has 0 atom stereocenters. The third-order valence-electron chi connectivity index (χ3n) is 3.13. The summed E-state index contributed by atoms with van der Waals surface area (Å²) in [6.07, 6.45) is 0. The van der Waals surface area contributed by atoms with Crippen molar-refractivity contribution >= 4 is 47.2 Å². The number of rotatable bonds is 7. The van der Waals surface area contributed by atoms with Crippen molar-refractivity contribution < 1.29 is 14.2 Å². The summed E-state index contributed by atoms with van der Waals surface area (Å²) in [7, 11) is 3.18. The van der Waals surface area contributed by atoms with Crippen molar-refractivity contribution in [2.45, 2.75) is 0 Å². The second-order valence-electron chi connectivity index (χ2n) is 4.77. The average Bonchev–Trinajstić information content (AvgIpc) is 2.59. The quantitative estimate of drug-likeness (QED) is 0.275. The van der Waals surface area contributed by atoms with Crippen LogP contribution in [0.4, 0.5) is 5.69 Å². The van der Waals surface area contributed by atoms with Crippen molar-refractivity contribution in [1.29, 1.82) is 0 Å². The second-order valence-corrected chi connectivity index (χ2v) is 5.17. The van der Waals surface area contributed by atoms with Crippen molar-refractivity contribution in [1.82, 2.24) is 0 Å². The number of benzene rings is 2. The van der Waals surface area contributed by atoms with Gasteiger partial charge in [0.1, 0.15) is 23.9 Å². The molecule has 0 heterocycles. The number of ether oxygens (including phenoxy) is 3. The van der Waals surface area contributed by atoms with Crippen LogP contribution in [0.25, 0.3) is 0 Å². The summed E-state index contributed by atoms with van der Waals surface area (Å²) in [5.74, 6) is 2.42. The van der Waals surface area contributed by atoms with Crippen molar-refractivity contribution in [3.8, 4) is 17.2 Å². The molecule has 6 nitrogen and oxygen atoms in total. The zero-order valence-corrected chi connectivity index (χ0v) is 17.1. The predicted molar refractivity (Wildman–Crippen MR) is 112 cm³/mol. The molecule has 0 saturated carbocycles. The Morgan fingerprint density at radius 3 is 2.36 bits per heavy atom. The van der Waals surface area contributed by atoms with E-state index >= 15 is 0 Å². The van der Waals surface area contributed by atoms with E-state index < -0.39 is 0 Å². The molecule has 0 fully saturated rings. The molecule has 0 unspecified atom stereocenters. The predicted octanol–water partition coefficient (Wildman–Crippen LogP) is 3.78. The van der Waals surface area contributed by atoms with E-state index in [0.717, 1.165) is 17.2 Å². The van der Waals surface area contributed by atoms with E-state index in [9.17, 15) is 0 Å². The van der Waals surface area contributed by atoms with Gasteiger partial charge in [-0.3, -0.25) is 0 Å². The van der Waals surface area contributed by atoms with Crippen LogP contribution in [-0.2, 0) is 0 Å². The molecule has 3 N–H and O–H groups in total. The van der Waals surface area contributed by atoms with E-state index in [-0.39, 0.29) is 29.9 Å². The summed E-state index contributed by atoms with van der Waals surface area (Å²) in [5.41, 5.74) is 6.57. The first kappa shape index (κ1) is 21.2. The van der Waals surface area contributed by atoms with Crippen molar-refractivity contribution in [3.63, 3.8) is 0 Å². The molecule has 0 saturated heterocycles. The molecule has 0 aliphatic rings. The SMILES string of the molecule is COc1ccc(OCCN=C(N)Nc2ccc(OC)c(Cl)c2)cc1.I. The van der Waals surface area contributed by atoms with Gasteiger partial charge in [0.25, 0.3) is 0 Å². The van der Waals surface area contributed by atoms with E-state index in [1.165, 1.54) is 0 Å². The van der Waals surface area contributed by atoms with Gasteiger partial charge in [0.2, 0.25) is 0 Å². The fraction of sp³-hybridized carbons (Fsp3) is 0.235. The van der Waals surface area contributed by atoms with Gasteiger partial charge >= 0.3 is 0 Å².